The van der Waals surface area contributed by atoms with E-state index in [1.165, 1.54) is 6.07 Å². The smallest absolute Gasteiger partial charge is 0.322 e. The zero-order valence-electron chi connectivity index (χ0n) is 9.33. The molecule has 0 aliphatic carbocycles. The standard InChI is InChI=1S/C10H9ClN2O5/c1-2-18-10(15)6(5-14)9-7(13(16)17)3-4-8(11)12-9/h3-6H,2H2,1H3. The van der Waals surface area contributed by atoms with Crippen LogP contribution in [0.25, 0.3) is 0 Å². The summed E-state index contributed by atoms with van der Waals surface area (Å²) < 4.78 is 4.65. The summed E-state index contributed by atoms with van der Waals surface area (Å²) in [4.78, 5) is 36.1. The molecule has 0 aromatic carbocycles. The Labute approximate surface area is 107 Å². The van der Waals surface area contributed by atoms with E-state index in [0.717, 1.165) is 6.07 Å². The maximum absolute atomic E-state index is 11.5. The van der Waals surface area contributed by atoms with Crippen molar-refractivity contribution in [2.75, 3.05) is 6.61 Å². The fourth-order valence-electron chi connectivity index (χ4n) is 1.29. The monoisotopic (exact) mass is 272 g/mol. The van der Waals surface area contributed by atoms with Gasteiger partial charge in [0, 0.05) is 6.07 Å². The highest BCUT2D eigenvalue weighted by molar-refractivity contribution is 6.29. The van der Waals surface area contributed by atoms with Crippen LogP contribution in [-0.2, 0) is 14.3 Å². The normalized spacial score (nSPS) is 11.7. The first-order chi connectivity index (χ1) is 8.51. The maximum Gasteiger partial charge on any atom is 0.322 e. The van der Waals surface area contributed by atoms with Crippen LogP contribution < -0.4 is 0 Å². The molecule has 0 amide bonds. The molecule has 0 saturated carbocycles. The number of nitrogens with zero attached hydrogens (tertiary/aromatic N) is 2. The Morgan fingerprint density at radius 2 is 2.33 bits per heavy atom. The highest BCUT2D eigenvalue weighted by Gasteiger charge is 2.30. The molecule has 8 heteroatoms. The third-order valence-electron chi connectivity index (χ3n) is 2.04. The Morgan fingerprint density at radius 3 is 2.83 bits per heavy atom. The number of hydrogen-bond acceptors (Lipinski definition) is 6. The van der Waals surface area contributed by atoms with Gasteiger partial charge in [0.15, 0.2) is 5.92 Å². The SMILES string of the molecule is CCOC(=O)C(C=O)c1nc(Cl)ccc1[N+](=O)[O-]. The van der Waals surface area contributed by atoms with E-state index in [2.05, 4.69) is 9.72 Å². The molecule has 1 atom stereocenters. The third-order valence-corrected chi connectivity index (χ3v) is 2.25. The fourth-order valence-corrected chi connectivity index (χ4v) is 1.44. The van der Waals surface area contributed by atoms with E-state index in [9.17, 15) is 19.7 Å². The van der Waals surface area contributed by atoms with Gasteiger partial charge in [-0.2, -0.15) is 0 Å². The highest BCUT2D eigenvalue weighted by atomic mass is 35.5. The number of aromatic nitrogens is 1. The van der Waals surface area contributed by atoms with E-state index >= 15 is 0 Å². The number of ether oxygens (including phenoxy) is 1. The van der Waals surface area contributed by atoms with Crippen molar-refractivity contribution in [1.82, 2.24) is 4.98 Å². The first-order valence-electron chi connectivity index (χ1n) is 4.94. The second-order valence-corrected chi connectivity index (χ2v) is 3.55. The molecule has 1 aromatic heterocycles. The van der Waals surface area contributed by atoms with Crippen molar-refractivity contribution >= 4 is 29.5 Å². The lowest BCUT2D eigenvalue weighted by Crippen LogP contribution is -2.19. The summed E-state index contributed by atoms with van der Waals surface area (Å²) in [6.07, 6.45) is 0.240. The maximum atomic E-state index is 11.5. The topological polar surface area (TPSA) is 99.4 Å². The van der Waals surface area contributed by atoms with E-state index < -0.39 is 22.5 Å². The van der Waals surface area contributed by atoms with Crippen LogP contribution in [0.3, 0.4) is 0 Å². The molecule has 0 bridgehead atoms. The van der Waals surface area contributed by atoms with Gasteiger partial charge in [-0.25, -0.2) is 4.98 Å². The van der Waals surface area contributed by atoms with Gasteiger partial charge in [0.2, 0.25) is 0 Å². The predicted octanol–water partition coefficient (Wildman–Crippen LogP) is 1.49. The number of pyridine rings is 1. The Bertz CT molecular complexity index is 491. The van der Waals surface area contributed by atoms with Crippen LogP contribution in [0.5, 0.6) is 0 Å². The van der Waals surface area contributed by atoms with E-state index in [4.69, 9.17) is 11.6 Å². The lowest BCUT2D eigenvalue weighted by molar-refractivity contribution is -0.386. The second kappa shape index (κ2) is 6.06. The van der Waals surface area contributed by atoms with Gasteiger partial charge in [-0.1, -0.05) is 11.6 Å². The summed E-state index contributed by atoms with van der Waals surface area (Å²) in [5.74, 6) is -2.35. The number of nitro groups is 1. The van der Waals surface area contributed by atoms with Crippen molar-refractivity contribution < 1.29 is 19.2 Å². The molecule has 0 aliphatic rings. The molecule has 1 rings (SSSR count). The molecular formula is C10H9ClN2O5. The number of esters is 1. The molecule has 0 saturated heterocycles. The van der Waals surface area contributed by atoms with Crippen molar-refractivity contribution in [3.05, 3.63) is 33.1 Å². The zero-order chi connectivity index (χ0) is 13.7. The largest absolute Gasteiger partial charge is 0.465 e. The van der Waals surface area contributed by atoms with Gasteiger partial charge in [0.05, 0.1) is 11.5 Å². The fraction of sp³-hybridized carbons (Fsp3) is 0.300. The van der Waals surface area contributed by atoms with Gasteiger partial charge in [-0.3, -0.25) is 14.9 Å². The van der Waals surface area contributed by atoms with Gasteiger partial charge in [0.1, 0.15) is 17.1 Å². The molecule has 0 radical (unpaired) electrons. The van der Waals surface area contributed by atoms with Crippen molar-refractivity contribution in [3.8, 4) is 0 Å². The summed E-state index contributed by atoms with van der Waals surface area (Å²) in [5, 5.41) is 10.7. The minimum atomic E-state index is -1.45. The van der Waals surface area contributed by atoms with Crippen molar-refractivity contribution in [2.45, 2.75) is 12.8 Å². The number of halogens is 1. The van der Waals surface area contributed by atoms with Crippen LogP contribution >= 0.6 is 11.6 Å². The Hall–Kier alpha value is -2.02. The average molecular weight is 273 g/mol. The van der Waals surface area contributed by atoms with Crippen LogP contribution in [-0.4, -0.2) is 28.8 Å². The quantitative estimate of drug-likeness (QED) is 0.201. The average Bonchev–Trinajstić information content (AvgIpc) is 2.30. The van der Waals surface area contributed by atoms with E-state index in [1.54, 1.807) is 6.92 Å². The molecule has 18 heavy (non-hydrogen) atoms. The number of rotatable bonds is 5. The van der Waals surface area contributed by atoms with Gasteiger partial charge >= 0.3 is 5.97 Å². The van der Waals surface area contributed by atoms with Crippen molar-refractivity contribution in [3.63, 3.8) is 0 Å². The lowest BCUT2D eigenvalue weighted by Gasteiger charge is -2.09. The van der Waals surface area contributed by atoms with Gasteiger partial charge in [-0.15, -0.1) is 0 Å². The van der Waals surface area contributed by atoms with Crippen LogP contribution in [0.2, 0.25) is 5.15 Å². The zero-order valence-corrected chi connectivity index (χ0v) is 10.1. The van der Waals surface area contributed by atoms with Crippen LogP contribution in [0.1, 0.15) is 18.5 Å². The minimum absolute atomic E-state index is 0.0493. The molecule has 1 unspecified atom stereocenters. The molecule has 0 N–H and O–H groups in total. The van der Waals surface area contributed by atoms with Crippen molar-refractivity contribution in [2.24, 2.45) is 0 Å². The van der Waals surface area contributed by atoms with Gasteiger partial charge < -0.3 is 9.53 Å². The summed E-state index contributed by atoms with van der Waals surface area (Å²) in [6.45, 7) is 1.61. The first-order valence-corrected chi connectivity index (χ1v) is 5.31. The summed E-state index contributed by atoms with van der Waals surface area (Å²) >= 11 is 5.60. The molecule has 0 aliphatic heterocycles. The number of hydrogen-bond donors (Lipinski definition) is 0. The highest BCUT2D eigenvalue weighted by Crippen LogP contribution is 2.26. The molecule has 0 spiro atoms. The minimum Gasteiger partial charge on any atom is -0.465 e. The second-order valence-electron chi connectivity index (χ2n) is 3.16. The molecule has 7 nitrogen and oxygen atoms in total. The lowest BCUT2D eigenvalue weighted by atomic mass is 10.1. The molecule has 0 fully saturated rings. The summed E-state index contributed by atoms with van der Waals surface area (Å²) in [5.41, 5.74) is -0.773. The molecular weight excluding hydrogens is 264 g/mol. The number of carbonyl (C=O) groups is 2. The third kappa shape index (κ3) is 3.01. The Balaban J connectivity index is 3.27. The molecule has 96 valence electrons. The predicted molar refractivity (Wildman–Crippen MR) is 61.3 cm³/mol. The van der Waals surface area contributed by atoms with Gasteiger partial charge in [-0.05, 0) is 13.0 Å². The van der Waals surface area contributed by atoms with Crippen molar-refractivity contribution in [1.29, 1.82) is 0 Å². The van der Waals surface area contributed by atoms with E-state index in [0.29, 0.717) is 0 Å². The Kier molecular flexibility index (Phi) is 4.73. The van der Waals surface area contributed by atoms with Crippen LogP contribution in [0.15, 0.2) is 12.1 Å². The van der Waals surface area contributed by atoms with Crippen LogP contribution in [0, 0.1) is 10.1 Å². The van der Waals surface area contributed by atoms with E-state index in [-0.39, 0.29) is 23.7 Å². The first kappa shape index (κ1) is 14.0. The Morgan fingerprint density at radius 1 is 1.67 bits per heavy atom. The van der Waals surface area contributed by atoms with E-state index in [1.807, 2.05) is 0 Å². The molecule has 1 heterocycles. The summed E-state index contributed by atoms with van der Waals surface area (Å²) in [6, 6.07) is 2.29. The molecule has 1 aromatic rings. The number of aldehydes is 1. The summed E-state index contributed by atoms with van der Waals surface area (Å²) in [7, 11) is 0. The number of carbonyl (C=O) groups excluding carboxylic acids is 2. The van der Waals surface area contributed by atoms with Gasteiger partial charge in [0.25, 0.3) is 5.69 Å². The van der Waals surface area contributed by atoms with Crippen LogP contribution in [0.4, 0.5) is 5.69 Å².